The monoisotopic (exact) mass is 206 g/mol. The number of hydrogen-bond donors (Lipinski definition) is 0. The molecule has 0 rings (SSSR count). The average molecular weight is 206 g/mol. The fraction of sp³-hybridized carbons (Fsp3) is 0.600. The van der Waals surface area contributed by atoms with Gasteiger partial charge < -0.3 is 0 Å². The van der Waals surface area contributed by atoms with Crippen molar-refractivity contribution in [2.24, 2.45) is 0 Å². The smallest absolute Gasteiger partial charge is 0.0316 e. The van der Waals surface area contributed by atoms with Crippen molar-refractivity contribution < 1.29 is 0 Å². The normalized spacial score (nSPS) is 12.3. The Hall–Kier alpha value is -0.780. The van der Waals surface area contributed by atoms with Gasteiger partial charge in [0, 0.05) is 0 Å². The molecule has 0 radical (unpaired) electrons. The van der Waals surface area contributed by atoms with Crippen molar-refractivity contribution in [3.63, 3.8) is 0 Å². The predicted molar refractivity (Wildman–Crippen MR) is 71.1 cm³/mol. The van der Waals surface area contributed by atoms with Crippen molar-refractivity contribution in [2.45, 2.75) is 58.8 Å². The fourth-order valence-electron chi connectivity index (χ4n) is 1.59. The number of allylic oxidation sites excluding steroid dienone is 5. The van der Waals surface area contributed by atoms with Gasteiger partial charge in [-0.3, -0.25) is 0 Å². The minimum atomic E-state index is 1.11. The summed E-state index contributed by atoms with van der Waals surface area (Å²) in [5.41, 5.74) is 1.60. The van der Waals surface area contributed by atoms with Crippen molar-refractivity contribution >= 4 is 0 Å². The molecule has 0 saturated carbocycles. The molecule has 0 aliphatic heterocycles. The maximum atomic E-state index is 3.71. The number of unbranched alkanes of at least 4 members (excludes halogenated alkanes) is 3. The lowest BCUT2D eigenvalue weighted by Gasteiger charge is -2.01. The molecule has 0 bridgehead atoms. The molecule has 0 heterocycles. The first-order chi connectivity index (χ1) is 7.35. The molecular formula is C15H26. The minimum absolute atomic E-state index is 1.11. The van der Waals surface area contributed by atoms with Crippen LogP contribution in [0.4, 0.5) is 0 Å². The Morgan fingerprint density at radius 3 is 2.40 bits per heavy atom. The van der Waals surface area contributed by atoms with Crippen LogP contribution in [0.15, 0.2) is 36.5 Å². The second-order valence-corrected chi connectivity index (χ2v) is 3.88. The Balaban J connectivity index is 3.31. The molecule has 0 nitrogen and oxygen atoms in total. The minimum Gasteiger partial charge on any atom is -0.103 e. The van der Waals surface area contributed by atoms with E-state index in [2.05, 4.69) is 38.7 Å². The van der Waals surface area contributed by atoms with E-state index in [1.165, 1.54) is 32.1 Å². The SMILES string of the molecule is C=CCC/C=C/CCCC/C(=C\C)CC. The van der Waals surface area contributed by atoms with Crippen LogP contribution in [0.5, 0.6) is 0 Å². The van der Waals surface area contributed by atoms with E-state index in [9.17, 15) is 0 Å². The second kappa shape index (κ2) is 11.3. The molecule has 0 unspecified atom stereocenters. The fourth-order valence-corrected chi connectivity index (χ4v) is 1.59. The van der Waals surface area contributed by atoms with Gasteiger partial charge in [-0.05, 0) is 51.9 Å². The van der Waals surface area contributed by atoms with E-state index in [0.29, 0.717) is 0 Å². The summed E-state index contributed by atoms with van der Waals surface area (Å²) in [7, 11) is 0. The van der Waals surface area contributed by atoms with Crippen LogP contribution in [-0.4, -0.2) is 0 Å². The zero-order valence-electron chi connectivity index (χ0n) is 10.5. The molecule has 0 atom stereocenters. The van der Waals surface area contributed by atoms with Crippen LogP contribution in [0.25, 0.3) is 0 Å². The van der Waals surface area contributed by atoms with Crippen LogP contribution < -0.4 is 0 Å². The van der Waals surface area contributed by atoms with Crippen LogP contribution in [-0.2, 0) is 0 Å². The highest BCUT2D eigenvalue weighted by Gasteiger charge is 1.92. The lowest BCUT2D eigenvalue weighted by atomic mass is 10.0. The Morgan fingerprint density at radius 1 is 1.07 bits per heavy atom. The zero-order valence-corrected chi connectivity index (χ0v) is 10.5. The van der Waals surface area contributed by atoms with E-state index < -0.39 is 0 Å². The molecule has 0 aliphatic carbocycles. The van der Waals surface area contributed by atoms with E-state index in [1.54, 1.807) is 5.57 Å². The van der Waals surface area contributed by atoms with Crippen molar-refractivity contribution in [3.8, 4) is 0 Å². The Bertz CT molecular complexity index is 196. The highest BCUT2D eigenvalue weighted by atomic mass is 14.0. The zero-order chi connectivity index (χ0) is 11.4. The first kappa shape index (κ1) is 14.2. The summed E-state index contributed by atoms with van der Waals surface area (Å²) >= 11 is 0. The molecule has 0 aromatic heterocycles. The highest BCUT2D eigenvalue weighted by Crippen LogP contribution is 2.12. The van der Waals surface area contributed by atoms with Gasteiger partial charge in [0.2, 0.25) is 0 Å². The molecule has 0 spiro atoms. The second-order valence-electron chi connectivity index (χ2n) is 3.88. The van der Waals surface area contributed by atoms with Crippen LogP contribution in [0, 0.1) is 0 Å². The maximum absolute atomic E-state index is 3.71. The van der Waals surface area contributed by atoms with Crippen LogP contribution >= 0.6 is 0 Å². The third kappa shape index (κ3) is 9.52. The predicted octanol–water partition coefficient (Wildman–Crippen LogP) is 5.43. The molecule has 0 aliphatic rings. The van der Waals surface area contributed by atoms with Gasteiger partial charge in [-0.2, -0.15) is 0 Å². The molecule has 15 heavy (non-hydrogen) atoms. The van der Waals surface area contributed by atoms with Gasteiger partial charge in [0.1, 0.15) is 0 Å². The van der Waals surface area contributed by atoms with Gasteiger partial charge in [0.05, 0.1) is 0 Å². The van der Waals surface area contributed by atoms with Crippen molar-refractivity contribution in [2.75, 3.05) is 0 Å². The van der Waals surface area contributed by atoms with Gasteiger partial charge in [0.15, 0.2) is 0 Å². The standard InChI is InChI=1S/C15H26/c1-4-7-8-9-10-11-12-13-14-15(5-2)6-3/h4-5,9-10H,1,6-8,11-14H2,2-3H3/b10-9+,15-5-. The quantitative estimate of drug-likeness (QED) is 0.349. The highest BCUT2D eigenvalue weighted by molar-refractivity contribution is 4.98. The summed E-state index contributed by atoms with van der Waals surface area (Å²) < 4.78 is 0. The lowest BCUT2D eigenvalue weighted by Crippen LogP contribution is -1.81. The summed E-state index contributed by atoms with van der Waals surface area (Å²) in [5.74, 6) is 0. The van der Waals surface area contributed by atoms with E-state index >= 15 is 0 Å². The lowest BCUT2D eigenvalue weighted by molar-refractivity contribution is 0.725. The van der Waals surface area contributed by atoms with E-state index in [1.807, 2.05) is 6.08 Å². The van der Waals surface area contributed by atoms with Crippen LogP contribution in [0.1, 0.15) is 58.8 Å². The molecule has 0 heteroatoms. The molecule has 0 N–H and O–H groups in total. The van der Waals surface area contributed by atoms with Gasteiger partial charge in [-0.15, -0.1) is 6.58 Å². The number of rotatable bonds is 9. The maximum Gasteiger partial charge on any atom is -0.0316 e. The van der Waals surface area contributed by atoms with Gasteiger partial charge >= 0.3 is 0 Å². The van der Waals surface area contributed by atoms with Crippen molar-refractivity contribution in [3.05, 3.63) is 36.5 Å². The first-order valence-electron chi connectivity index (χ1n) is 6.25. The van der Waals surface area contributed by atoms with Gasteiger partial charge in [0.25, 0.3) is 0 Å². The summed E-state index contributed by atoms with van der Waals surface area (Å²) in [6.07, 6.45) is 17.5. The first-order valence-corrected chi connectivity index (χ1v) is 6.25. The third-order valence-electron chi connectivity index (χ3n) is 2.69. The van der Waals surface area contributed by atoms with Gasteiger partial charge in [-0.1, -0.05) is 36.8 Å². The Morgan fingerprint density at radius 2 is 1.80 bits per heavy atom. The van der Waals surface area contributed by atoms with Crippen LogP contribution in [0.2, 0.25) is 0 Å². The molecule has 0 aromatic carbocycles. The molecule has 0 amide bonds. The summed E-state index contributed by atoms with van der Waals surface area (Å²) in [5, 5.41) is 0. The Kier molecular flexibility index (Phi) is 10.7. The topological polar surface area (TPSA) is 0 Å². The molecule has 0 aromatic rings. The molecule has 0 saturated heterocycles. The van der Waals surface area contributed by atoms with E-state index in [-0.39, 0.29) is 0 Å². The summed E-state index contributed by atoms with van der Waals surface area (Å²) in [4.78, 5) is 0. The average Bonchev–Trinajstić information content (AvgIpc) is 2.27. The molecule has 86 valence electrons. The van der Waals surface area contributed by atoms with E-state index in [0.717, 1.165) is 12.8 Å². The summed E-state index contributed by atoms with van der Waals surface area (Å²) in [6.45, 7) is 8.09. The summed E-state index contributed by atoms with van der Waals surface area (Å²) in [6, 6.07) is 0. The third-order valence-corrected chi connectivity index (χ3v) is 2.69. The van der Waals surface area contributed by atoms with Gasteiger partial charge in [-0.25, -0.2) is 0 Å². The molecular weight excluding hydrogens is 180 g/mol. The Labute approximate surface area is 95.8 Å². The number of hydrogen-bond acceptors (Lipinski definition) is 0. The molecule has 0 fully saturated rings. The van der Waals surface area contributed by atoms with Crippen molar-refractivity contribution in [1.29, 1.82) is 0 Å². The van der Waals surface area contributed by atoms with Crippen LogP contribution in [0.3, 0.4) is 0 Å². The largest absolute Gasteiger partial charge is 0.103 e. The van der Waals surface area contributed by atoms with Crippen molar-refractivity contribution in [1.82, 2.24) is 0 Å². The van der Waals surface area contributed by atoms with E-state index in [4.69, 9.17) is 0 Å².